The first kappa shape index (κ1) is 9.88. The molecule has 2 bridgehead atoms. The Bertz CT molecular complexity index is 425. The second kappa shape index (κ2) is 3.62. The van der Waals surface area contributed by atoms with Gasteiger partial charge >= 0.3 is 0 Å². The summed E-state index contributed by atoms with van der Waals surface area (Å²) in [4.78, 5) is 11.1. The van der Waals surface area contributed by atoms with E-state index in [0.717, 1.165) is 23.7 Å². The fourth-order valence-electron chi connectivity index (χ4n) is 3.65. The number of carbonyl (C=O) groups excluding carboxylic acids is 1. The lowest BCUT2D eigenvalue weighted by atomic mass is 9.81. The van der Waals surface area contributed by atoms with E-state index < -0.39 is 0 Å². The summed E-state index contributed by atoms with van der Waals surface area (Å²) in [6, 6.07) is 5.46. The number of rotatable bonds is 2. The van der Waals surface area contributed by atoms with Crippen molar-refractivity contribution in [3.05, 3.63) is 29.3 Å². The molecule has 0 heterocycles. The van der Waals surface area contributed by atoms with Crippen LogP contribution < -0.4 is 0 Å². The number of benzene rings is 1. The van der Waals surface area contributed by atoms with Gasteiger partial charge in [0, 0.05) is 0 Å². The van der Waals surface area contributed by atoms with Crippen molar-refractivity contribution in [2.45, 2.75) is 31.6 Å². The number of hydrogen-bond donors (Lipinski definition) is 1. The number of fused-ring (bicyclic) bond motifs is 2. The van der Waals surface area contributed by atoms with Gasteiger partial charge in [0.1, 0.15) is 5.75 Å². The number of aldehydes is 1. The predicted molar refractivity (Wildman–Crippen MR) is 61.7 cm³/mol. The van der Waals surface area contributed by atoms with Crippen LogP contribution in [-0.2, 0) is 0 Å². The minimum absolute atomic E-state index is 0.135. The maximum Gasteiger partial charge on any atom is 0.154 e. The van der Waals surface area contributed by atoms with E-state index in [4.69, 9.17) is 0 Å². The van der Waals surface area contributed by atoms with Crippen LogP contribution in [0.25, 0.3) is 0 Å². The topological polar surface area (TPSA) is 37.3 Å². The van der Waals surface area contributed by atoms with E-state index in [9.17, 15) is 9.90 Å². The molecule has 2 saturated carbocycles. The summed E-state index contributed by atoms with van der Waals surface area (Å²) in [6.07, 6.45) is 5.98. The molecule has 2 aliphatic carbocycles. The summed E-state index contributed by atoms with van der Waals surface area (Å²) >= 11 is 0. The average Bonchev–Trinajstić information content (AvgIpc) is 2.90. The summed E-state index contributed by atoms with van der Waals surface area (Å²) in [5.74, 6) is 2.24. The van der Waals surface area contributed by atoms with Crippen molar-refractivity contribution in [1.29, 1.82) is 0 Å². The number of phenolic OH excluding ortho intramolecular Hbond substituents is 1. The Morgan fingerprint density at radius 1 is 1.25 bits per heavy atom. The molecule has 1 aromatic carbocycles. The maximum absolute atomic E-state index is 11.1. The molecule has 3 rings (SSSR count). The molecule has 3 atom stereocenters. The normalized spacial score (nSPS) is 31.9. The third-order valence-corrected chi connectivity index (χ3v) is 4.37. The molecular weight excluding hydrogens is 200 g/mol. The zero-order chi connectivity index (χ0) is 11.1. The van der Waals surface area contributed by atoms with E-state index in [1.54, 1.807) is 6.07 Å². The second-order valence-corrected chi connectivity index (χ2v) is 5.18. The summed E-state index contributed by atoms with van der Waals surface area (Å²) < 4.78 is 0. The summed E-state index contributed by atoms with van der Waals surface area (Å²) in [5, 5.41) is 9.69. The van der Waals surface area contributed by atoms with Crippen molar-refractivity contribution in [2.75, 3.05) is 0 Å². The number of carbonyl (C=O) groups is 1. The van der Waals surface area contributed by atoms with Gasteiger partial charge in [-0.25, -0.2) is 0 Å². The van der Waals surface area contributed by atoms with Crippen LogP contribution in [0.1, 0.15) is 47.5 Å². The van der Waals surface area contributed by atoms with Gasteiger partial charge in [-0.2, -0.15) is 0 Å². The first-order chi connectivity index (χ1) is 7.79. The first-order valence-electron chi connectivity index (χ1n) is 6.06. The van der Waals surface area contributed by atoms with Gasteiger partial charge in [0.25, 0.3) is 0 Å². The van der Waals surface area contributed by atoms with Crippen LogP contribution in [0.4, 0.5) is 0 Å². The van der Waals surface area contributed by atoms with Gasteiger partial charge in [-0.1, -0.05) is 18.6 Å². The molecule has 0 aliphatic heterocycles. The van der Waals surface area contributed by atoms with Crippen LogP contribution in [0.3, 0.4) is 0 Å². The molecule has 0 radical (unpaired) electrons. The highest BCUT2D eigenvalue weighted by atomic mass is 16.3. The van der Waals surface area contributed by atoms with E-state index in [-0.39, 0.29) is 5.75 Å². The molecule has 0 amide bonds. The second-order valence-electron chi connectivity index (χ2n) is 5.18. The van der Waals surface area contributed by atoms with Gasteiger partial charge in [-0.3, -0.25) is 4.79 Å². The fourth-order valence-corrected chi connectivity index (χ4v) is 3.65. The Labute approximate surface area is 95.3 Å². The Balaban J connectivity index is 2.00. The highest BCUT2D eigenvalue weighted by molar-refractivity contribution is 5.81. The van der Waals surface area contributed by atoms with Gasteiger partial charge in [0.15, 0.2) is 6.29 Å². The van der Waals surface area contributed by atoms with Gasteiger partial charge in [0.05, 0.1) is 5.56 Å². The van der Waals surface area contributed by atoms with Crippen molar-refractivity contribution in [3.63, 3.8) is 0 Å². The minimum Gasteiger partial charge on any atom is -0.507 e. The van der Waals surface area contributed by atoms with Crippen LogP contribution in [0.5, 0.6) is 5.75 Å². The molecular formula is C14H16O2. The van der Waals surface area contributed by atoms with E-state index in [2.05, 4.69) is 0 Å². The quantitative estimate of drug-likeness (QED) is 0.771. The molecule has 2 fully saturated rings. The van der Waals surface area contributed by atoms with Gasteiger partial charge < -0.3 is 5.11 Å². The SMILES string of the molecule is O=Cc1c(O)cccc1C1CC2CCC1C2. The van der Waals surface area contributed by atoms with Crippen molar-refractivity contribution in [2.24, 2.45) is 11.8 Å². The monoisotopic (exact) mass is 216 g/mol. The van der Waals surface area contributed by atoms with Crippen LogP contribution >= 0.6 is 0 Å². The molecule has 2 heteroatoms. The third kappa shape index (κ3) is 1.36. The lowest BCUT2D eigenvalue weighted by Crippen LogP contribution is -2.10. The van der Waals surface area contributed by atoms with Gasteiger partial charge in [-0.15, -0.1) is 0 Å². The maximum atomic E-state index is 11.1. The highest BCUT2D eigenvalue weighted by Gasteiger charge is 2.41. The van der Waals surface area contributed by atoms with Crippen molar-refractivity contribution >= 4 is 6.29 Å². The molecule has 0 spiro atoms. The third-order valence-electron chi connectivity index (χ3n) is 4.37. The molecule has 1 aromatic rings. The average molecular weight is 216 g/mol. The zero-order valence-corrected chi connectivity index (χ0v) is 9.23. The van der Waals surface area contributed by atoms with Crippen LogP contribution in [0.2, 0.25) is 0 Å². The lowest BCUT2D eigenvalue weighted by molar-refractivity contribution is 0.111. The van der Waals surface area contributed by atoms with Crippen molar-refractivity contribution in [1.82, 2.24) is 0 Å². The molecule has 0 saturated heterocycles. The zero-order valence-electron chi connectivity index (χ0n) is 9.23. The Kier molecular flexibility index (Phi) is 2.23. The summed E-state index contributed by atoms with van der Waals surface area (Å²) in [7, 11) is 0. The van der Waals surface area contributed by atoms with E-state index >= 15 is 0 Å². The molecule has 2 aliphatic rings. The molecule has 2 nitrogen and oxygen atoms in total. The van der Waals surface area contributed by atoms with E-state index in [1.807, 2.05) is 12.1 Å². The number of phenols is 1. The largest absolute Gasteiger partial charge is 0.507 e. The van der Waals surface area contributed by atoms with E-state index in [1.165, 1.54) is 25.7 Å². The first-order valence-corrected chi connectivity index (χ1v) is 6.06. The van der Waals surface area contributed by atoms with Crippen molar-refractivity contribution < 1.29 is 9.90 Å². The standard InChI is InChI=1S/C14H16O2/c15-8-13-11(2-1-3-14(13)16)12-7-9-4-5-10(12)6-9/h1-3,8-10,12,16H,4-7H2. The van der Waals surface area contributed by atoms with Crippen LogP contribution in [-0.4, -0.2) is 11.4 Å². The molecule has 84 valence electrons. The lowest BCUT2D eigenvalue weighted by Gasteiger charge is -2.23. The van der Waals surface area contributed by atoms with Crippen LogP contribution in [0, 0.1) is 11.8 Å². The van der Waals surface area contributed by atoms with E-state index in [0.29, 0.717) is 11.5 Å². The number of aromatic hydroxyl groups is 1. The Morgan fingerprint density at radius 3 is 2.75 bits per heavy atom. The summed E-state index contributed by atoms with van der Waals surface area (Å²) in [5.41, 5.74) is 1.59. The predicted octanol–water partition coefficient (Wildman–Crippen LogP) is 3.11. The molecule has 1 N–H and O–H groups in total. The van der Waals surface area contributed by atoms with Crippen molar-refractivity contribution in [3.8, 4) is 5.75 Å². The summed E-state index contributed by atoms with van der Waals surface area (Å²) in [6.45, 7) is 0. The Hall–Kier alpha value is -1.31. The molecule has 3 unspecified atom stereocenters. The number of hydrogen-bond acceptors (Lipinski definition) is 2. The molecule has 0 aromatic heterocycles. The van der Waals surface area contributed by atoms with Gasteiger partial charge in [-0.05, 0) is 48.6 Å². The molecule has 16 heavy (non-hydrogen) atoms. The van der Waals surface area contributed by atoms with Gasteiger partial charge in [0.2, 0.25) is 0 Å². The highest BCUT2D eigenvalue weighted by Crippen LogP contribution is 2.53. The fraction of sp³-hybridized carbons (Fsp3) is 0.500. The Morgan fingerprint density at radius 2 is 2.12 bits per heavy atom. The van der Waals surface area contributed by atoms with Crippen LogP contribution in [0.15, 0.2) is 18.2 Å². The smallest absolute Gasteiger partial charge is 0.154 e. The minimum atomic E-state index is 0.135.